The fourth-order valence-corrected chi connectivity index (χ4v) is 1.60. The van der Waals surface area contributed by atoms with Crippen LogP contribution in [0.5, 0.6) is 0 Å². The highest BCUT2D eigenvalue weighted by Crippen LogP contribution is 2.07. The molecule has 0 heterocycles. The highest BCUT2D eigenvalue weighted by Gasteiger charge is 1.98. The molecule has 0 fully saturated rings. The van der Waals surface area contributed by atoms with Crippen LogP contribution in [0.15, 0.2) is 71.6 Å². The monoisotopic (exact) mass is 331 g/mol. The first-order valence-corrected chi connectivity index (χ1v) is 8.47. The van der Waals surface area contributed by atoms with E-state index in [1.807, 2.05) is 83.3 Å². The zero-order chi connectivity index (χ0) is 18.6. The van der Waals surface area contributed by atoms with E-state index < -0.39 is 0 Å². The van der Waals surface area contributed by atoms with E-state index in [-0.39, 0.29) is 6.61 Å². The molecule has 0 aliphatic rings. The van der Waals surface area contributed by atoms with Gasteiger partial charge in [0.1, 0.15) is 0 Å². The minimum absolute atomic E-state index is 0.0576. The standard InChI is InChI=1S/C16H21N3O.2C2H6/c1-3-4-5-6-7-11-17-18-19(2)13-15-9-8-10-16(12-15)14-20;2*1-2/h3-10,12,20H,1,11,13-14H2,2H3;2*1-2H3/b5-4-,7-6+,18-17?;;. The Labute approximate surface area is 147 Å². The average molecular weight is 332 g/mol. The third-order valence-electron chi connectivity index (χ3n) is 2.48. The van der Waals surface area contributed by atoms with Crippen LogP contribution in [0.25, 0.3) is 0 Å². The summed E-state index contributed by atoms with van der Waals surface area (Å²) in [6.07, 6.45) is 9.30. The van der Waals surface area contributed by atoms with Crippen LogP contribution in [0.2, 0.25) is 0 Å². The van der Waals surface area contributed by atoms with Gasteiger partial charge in [-0.2, -0.15) is 5.11 Å². The molecule has 1 rings (SSSR count). The molecule has 0 atom stereocenters. The van der Waals surface area contributed by atoms with Gasteiger partial charge in [-0.25, -0.2) is 0 Å². The van der Waals surface area contributed by atoms with Crippen molar-refractivity contribution in [1.82, 2.24) is 5.01 Å². The summed E-state index contributed by atoms with van der Waals surface area (Å²) in [4.78, 5) is 0. The van der Waals surface area contributed by atoms with E-state index >= 15 is 0 Å². The normalized spacial score (nSPS) is 10.2. The van der Waals surface area contributed by atoms with Crippen molar-refractivity contribution in [3.05, 3.63) is 72.4 Å². The van der Waals surface area contributed by atoms with E-state index in [4.69, 9.17) is 5.11 Å². The van der Waals surface area contributed by atoms with Gasteiger partial charge in [-0.15, -0.1) is 0 Å². The fourth-order valence-electron chi connectivity index (χ4n) is 1.60. The second kappa shape index (κ2) is 18.8. The predicted molar refractivity (Wildman–Crippen MR) is 105 cm³/mol. The highest BCUT2D eigenvalue weighted by molar-refractivity contribution is 5.22. The van der Waals surface area contributed by atoms with Gasteiger partial charge in [0.05, 0.1) is 19.7 Å². The van der Waals surface area contributed by atoms with Crippen LogP contribution in [0.3, 0.4) is 0 Å². The molecule has 24 heavy (non-hydrogen) atoms. The number of hydrogen-bond acceptors (Lipinski definition) is 3. The number of nitrogens with zero attached hydrogens (tertiary/aromatic N) is 3. The molecule has 0 saturated carbocycles. The molecule has 0 saturated heterocycles. The third-order valence-corrected chi connectivity index (χ3v) is 2.48. The summed E-state index contributed by atoms with van der Waals surface area (Å²) in [6.45, 7) is 12.9. The molecule has 1 N–H and O–H groups in total. The predicted octanol–water partition coefficient (Wildman–Crippen LogP) is 5.33. The third kappa shape index (κ3) is 13.5. The van der Waals surface area contributed by atoms with Crippen LogP contribution in [0.1, 0.15) is 38.8 Å². The van der Waals surface area contributed by atoms with Crippen molar-refractivity contribution in [2.24, 2.45) is 10.3 Å². The number of rotatable bonds is 8. The molecular formula is C20H33N3O. The molecule has 1 aromatic rings. The maximum absolute atomic E-state index is 9.08. The second-order valence-electron chi connectivity index (χ2n) is 4.26. The molecule has 4 nitrogen and oxygen atoms in total. The zero-order valence-electron chi connectivity index (χ0n) is 15.8. The smallest absolute Gasteiger partial charge is 0.0804 e. The van der Waals surface area contributed by atoms with Gasteiger partial charge in [0, 0.05) is 7.05 Å². The van der Waals surface area contributed by atoms with Crippen LogP contribution in [-0.2, 0) is 13.2 Å². The molecule has 0 aliphatic carbocycles. The van der Waals surface area contributed by atoms with Crippen molar-refractivity contribution >= 4 is 0 Å². The van der Waals surface area contributed by atoms with Crippen molar-refractivity contribution in [1.29, 1.82) is 0 Å². The maximum Gasteiger partial charge on any atom is 0.0804 e. The number of aliphatic hydroxyl groups excluding tert-OH is 1. The maximum atomic E-state index is 9.08. The molecule has 134 valence electrons. The SMILES string of the molecule is C=C/C=C\C=C\CN=NN(C)Cc1cccc(CO)c1.CC.CC. The highest BCUT2D eigenvalue weighted by atomic mass is 16.3. The first-order chi connectivity index (χ1) is 11.8. The summed E-state index contributed by atoms with van der Waals surface area (Å²) >= 11 is 0. The van der Waals surface area contributed by atoms with E-state index in [9.17, 15) is 0 Å². The summed E-state index contributed by atoms with van der Waals surface area (Å²) in [7, 11) is 1.87. The van der Waals surface area contributed by atoms with E-state index in [0.717, 1.165) is 11.1 Å². The van der Waals surface area contributed by atoms with Gasteiger partial charge in [-0.05, 0) is 11.1 Å². The molecule has 0 aromatic heterocycles. The van der Waals surface area contributed by atoms with Crippen LogP contribution >= 0.6 is 0 Å². The molecule has 4 heteroatoms. The second-order valence-corrected chi connectivity index (χ2v) is 4.26. The van der Waals surface area contributed by atoms with Gasteiger partial charge in [0.15, 0.2) is 0 Å². The van der Waals surface area contributed by atoms with E-state index in [1.165, 1.54) is 0 Å². The summed E-state index contributed by atoms with van der Waals surface area (Å²) in [6, 6.07) is 7.80. The lowest BCUT2D eigenvalue weighted by molar-refractivity contribution is 0.281. The van der Waals surface area contributed by atoms with E-state index in [2.05, 4.69) is 16.9 Å². The number of benzene rings is 1. The first-order valence-electron chi connectivity index (χ1n) is 8.47. The Kier molecular flexibility index (Phi) is 18.9. The Morgan fingerprint density at radius 1 is 1.08 bits per heavy atom. The summed E-state index contributed by atoms with van der Waals surface area (Å²) in [5, 5.41) is 19.0. The lowest BCUT2D eigenvalue weighted by Crippen LogP contribution is -2.09. The summed E-state index contributed by atoms with van der Waals surface area (Å²) < 4.78 is 0. The Morgan fingerprint density at radius 2 is 1.75 bits per heavy atom. The Balaban J connectivity index is 0. The molecule has 0 spiro atoms. The summed E-state index contributed by atoms with van der Waals surface area (Å²) in [5.74, 6) is 0. The van der Waals surface area contributed by atoms with Gasteiger partial charge in [-0.1, -0.05) is 94.1 Å². The lowest BCUT2D eigenvalue weighted by Gasteiger charge is -2.11. The van der Waals surface area contributed by atoms with Crippen molar-refractivity contribution < 1.29 is 5.11 Å². The zero-order valence-corrected chi connectivity index (χ0v) is 15.8. The van der Waals surface area contributed by atoms with Crippen LogP contribution in [0.4, 0.5) is 0 Å². The first kappa shape index (κ1) is 24.1. The Morgan fingerprint density at radius 3 is 2.38 bits per heavy atom. The van der Waals surface area contributed by atoms with Gasteiger partial charge in [-0.3, -0.25) is 5.01 Å². The number of allylic oxidation sites excluding steroid dienone is 4. The topological polar surface area (TPSA) is 48.2 Å². The molecule has 0 radical (unpaired) electrons. The Hall–Kier alpha value is -2.20. The van der Waals surface area contributed by atoms with E-state index in [1.54, 1.807) is 11.1 Å². The minimum atomic E-state index is 0.0576. The molecule has 0 aliphatic heterocycles. The quantitative estimate of drug-likeness (QED) is 0.398. The molecule has 1 aromatic carbocycles. The van der Waals surface area contributed by atoms with Gasteiger partial charge in [0.25, 0.3) is 0 Å². The molecule has 0 bridgehead atoms. The van der Waals surface area contributed by atoms with Crippen molar-refractivity contribution in [3.8, 4) is 0 Å². The van der Waals surface area contributed by atoms with Gasteiger partial charge in [0.2, 0.25) is 0 Å². The lowest BCUT2D eigenvalue weighted by atomic mass is 10.1. The molecule has 0 unspecified atom stereocenters. The fraction of sp³-hybridized carbons (Fsp3) is 0.400. The number of aliphatic hydroxyl groups is 1. The average Bonchev–Trinajstić information content (AvgIpc) is 2.64. The molecule has 0 amide bonds. The van der Waals surface area contributed by atoms with Crippen molar-refractivity contribution in [3.63, 3.8) is 0 Å². The minimum Gasteiger partial charge on any atom is -0.392 e. The Bertz CT molecular complexity index is 493. The van der Waals surface area contributed by atoms with E-state index in [0.29, 0.717) is 13.1 Å². The van der Waals surface area contributed by atoms with Crippen LogP contribution < -0.4 is 0 Å². The number of hydrogen-bond donors (Lipinski definition) is 1. The molecular weight excluding hydrogens is 298 g/mol. The van der Waals surface area contributed by atoms with Crippen molar-refractivity contribution in [2.75, 3.05) is 13.6 Å². The van der Waals surface area contributed by atoms with Gasteiger partial charge < -0.3 is 5.11 Å². The van der Waals surface area contributed by atoms with Crippen LogP contribution in [-0.4, -0.2) is 23.7 Å². The van der Waals surface area contributed by atoms with Crippen LogP contribution in [0, 0.1) is 0 Å². The van der Waals surface area contributed by atoms with Crippen molar-refractivity contribution in [2.45, 2.75) is 40.8 Å². The summed E-state index contributed by atoms with van der Waals surface area (Å²) in [5.41, 5.74) is 2.01. The largest absolute Gasteiger partial charge is 0.392 e. The van der Waals surface area contributed by atoms with Gasteiger partial charge >= 0.3 is 0 Å².